The molecule has 0 spiro atoms. The number of hydrogen-bond donors (Lipinski definition) is 2. The summed E-state index contributed by atoms with van der Waals surface area (Å²) in [5, 5.41) is 6.39. The number of nitrogens with zero attached hydrogens (tertiary/aromatic N) is 1. The van der Waals surface area contributed by atoms with Gasteiger partial charge < -0.3 is 15.5 Å². The van der Waals surface area contributed by atoms with Gasteiger partial charge in [-0.25, -0.2) is 4.79 Å². The second kappa shape index (κ2) is 7.61. The molecule has 3 amide bonds. The number of carbonyl (C=O) groups excluding carboxylic acids is 2. The fourth-order valence-corrected chi connectivity index (χ4v) is 3.50. The van der Waals surface area contributed by atoms with Crippen molar-refractivity contribution in [3.8, 4) is 0 Å². The highest BCUT2D eigenvalue weighted by molar-refractivity contribution is 6.30. The van der Waals surface area contributed by atoms with Crippen molar-refractivity contribution in [2.45, 2.75) is 32.4 Å². The molecular weight excluding hydrogens is 362 g/mol. The maximum atomic E-state index is 12.3. The number of urea groups is 1. The molecule has 1 heterocycles. The zero-order valence-corrected chi connectivity index (χ0v) is 15.8. The van der Waals surface area contributed by atoms with E-state index in [9.17, 15) is 9.59 Å². The number of fused-ring (bicyclic) bond motifs is 1. The lowest BCUT2D eigenvalue weighted by Crippen LogP contribution is -2.37. The van der Waals surface area contributed by atoms with E-state index in [0.29, 0.717) is 18.1 Å². The molecule has 0 atom stereocenters. The van der Waals surface area contributed by atoms with E-state index in [-0.39, 0.29) is 17.9 Å². The molecule has 1 aliphatic carbocycles. The zero-order valence-electron chi connectivity index (χ0n) is 15.0. The first-order chi connectivity index (χ1) is 13.1. The molecular formula is C21H22ClN3O2. The summed E-state index contributed by atoms with van der Waals surface area (Å²) < 4.78 is 0. The maximum absolute atomic E-state index is 12.3. The molecule has 2 N–H and O–H groups in total. The van der Waals surface area contributed by atoms with Crippen molar-refractivity contribution in [1.29, 1.82) is 0 Å². The van der Waals surface area contributed by atoms with E-state index < -0.39 is 0 Å². The van der Waals surface area contributed by atoms with Crippen LogP contribution >= 0.6 is 11.6 Å². The van der Waals surface area contributed by atoms with Gasteiger partial charge >= 0.3 is 6.03 Å². The molecule has 6 heteroatoms. The van der Waals surface area contributed by atoms with Crippen LogP contribution < -0.4 is 10.6 Å². The summed E-state index contributed by atoms with van der Waals surface area (Å²) in [5.41, 5.74) is 4.09. The molecule has 0 bridgehead atoms. The molecule has 1 fully saturated rings. The molecule has 0 aromatic heterocycles. The summed E-state index contributed by atoms with van der Waals surface area (Å²) in [5.74, 6) is 0.520. The van der Waals surface area contributed by atoms with Gasteiger partial charge in [0.15, 0.2) is 0 Å². The average Bonchev–Trinajstić information content (AvgIpc) is 3.52. The summed E-state index contributed by atoms with van der Waals surface area (Å²) in [6.45, 7) is 1.85. The summed E-state index contributed by atoms with van der Waals surface area (Å²) in [4.78, 5) is 26.4. The van der Waals surface area contributed by atoms with Crippen LogP contribution in [0.5, 0.6) is 0 Å². The number of carbonyl (C=O) groups is 2. The number of hydrogen-bond acceptors (Lipinski definition) is 2. The van der Waals surface area contributed by atoms with E-state index in [1.54, 1.807) is 12.1 Å². The van der Waals surface area contributed by atoms with Gasteiger partial charge in [-0.15, -0.1) is 0 Å². The maximum Gasteiger partial charge on any atom is 0.319 e. The zero-order chi connectivity index (χ0) is 18.8. The average molecular weight is 384 g/mol. The van der Waals surface area contributed by atoms with Crippen LogP contribution in [-0.2, 0) is 24.3 Å². The SMILES string of the molecule is O=C(NCc1ccc(Cl)cc1)Nc1ccc2c(c1)CN(C(=O)C1CC1)CC2. The van der Waals surface area contributed by atoms with Crippen molar-refractivity contribution in [3.05, 3.63) is 64.2 Å². The van der Waals surface area contributed by atoms with Crippen LogP contribution in [-0.4, -0.2) is 23.4 Å². The normalized spacial score (nSPS) is 15.8. The van der Waals surface area contributed by atoms with Gasteiger partial charge in [-0.3, -0.25) is 4.79 Å². The van der Waals surface area contributed by atoms with E-state index in [4.69, 9.17) is 11.6 Å². The Morgan fingerprint density at radius 3 is 2.59 bits per heavy atom. The number of anilines is 1. The van der Waals surface area contributed by atoms with Crippen molar-refractivity contribution >= 4 is 29.2 Å². The molecule has 1 aliphatic heterocycles. The van der Waals surface area contributed by atoms with Crippen LogP contribution in [0.4, 0.5) is 10.5 Å². The van der Waals surface area contributed by atoms with Gasteiger partial charge in [0.2, 0.25) is 5.91 Å². The van der Waals surface area contributed by atoms with E-state index in [1.165, 1.54) is 5.56 Å². The van der Waals surface area contributed by atoms with Crippen LogP contribution in [0.3, 0.4) is 0 Å². The van der Waals surface area contributed by atoms with Crippen LogP contribution in [0, 0.1) is 5.92 Å². The summed E-state index contributed by atoms with van der Waals surface area (Å²) in [7, 11) is 0. The van der Waals surface area contributed by atoms with Crippen LogP contribution in [0.2, 0.25) is 5.02 Å². The van der Waals surface area contributed by atoms with Gasteiger partial charge in [0.25, 0.3) is 0 Å². The first-order valence-electron chi connectivity index (χ1n) is 9.28. The van der Waals surface area contributed by atoms with Gasteiger partial charge in [-0.1, -0.05) is 29.8 Å². The Kier molecular flexibility index (Phi) is 5.03. The number of benzene rings is 2. The van der Waals surface area contributed by atoms with E-state index in [1.807, 2.05) is 35.2 Å². The number of amides is 3. The standard InChI is InChI=1S/C21H22ClN3O2/c22-18-6-1-14(2-7-18)12-23-21(27)24-19-8-5-15-9-10-25(13-17(15)11-19)20(26)16-3-4-16/h1-2,5-8,11,16H,3-4,9-10,12-13H2,(H2,23,24,27). The third-order valence-corrected chi connectivity index (χ3v) is 5.33. The topological polar surface area (TPSA) is 61.4 Å². The molecule has 140 valence electrons. The fourth-order valence-electron chi connectivity index (χ4n) is 3.37. The van der Waals surface area contributed by atoms with Crippen molar-refractivity contribution < 1.29 is 9.59 Å². The van der Waals surface area contributed by atoms with E-state index in [0.717, 1.165) is 42.6 Å². The third kappa shape index (κ3) is 4.42. The predicted molar refractivity (Wildman–Crippen MR) is 106 cm³/mol. The highest BCUT2D eigenvalue weighted by Crippen LogP contribution is 2.33. The number of rotatable bonds is 4. The Bertz CT molecular complexity index is 862. The van der Waals surface area contributed by atoms with Crippen molar-refractivity contribution in [2.24, 2.45) is 5.92 Å². The predicted octanol–water partition coefficient (Wildman–Crippen LogP) is 3.96. The molecule has 0 unspecified atom stereocenters. The fraction of sp³-hybridized carbons (Fsp3) is 0.333. The Labute approximate surface area is 163 Å². The highest BCUT2D eigenvalue weighted by atomic mass is 35.5. The van der Waals surface area contributed by atoms with Crippen LogP contribution in [0.25, 0.3) is 0 Å². The molecule has 0 radical (unpaired) electrons. The molecule has 1 saturated carbocycles. The Morgan fingerprint density at radius 2 is 1.85 bits per heavy atom. The second-order valence-electron chi connectivity index (χ2n) is 7.20. The molecule has 2 aromatic carbocycles. The summed E-state index contributed by atoms with van der Waals surface area (Å²) in [6, 6.07) is 13.0. The third-order valence-electron chi connectivity index (χ3n) is 5.08. The van der Waals surface area contributed by atoms with Gasteiger partial charge in [-0.05, 0) is 60.2 Å². The molecule has 4 rings (SSSR count). The Hall–Kier alpha value is -2.53. The van der Waals surface area contributed by atoms with Gasteiger partial charge in [0, 0.05) is 36.3 Å². The van der Waals surface area contributed by atoms with Gasteiger partial charge in [0.1, 0.15) is 0 Å². The van der Waals surface area contributed by atoms with Crippen LogP contribution in [0.15, 0.2) is 42.5 Å². The monoisotopic (exact) mass is 383 g/mol. The first-order valence-corrected chi connectivity index (χ1v) is 9.66. The molecule has 2 aliphatic rings. The molecule has 0 saturated heterocycles. The van der Waals surface area contributed by atoms with E-state index >= 15 is 0 Å². The molecule has 27 heavy (non-hydrogen) atoms. The lowest BCUT2D eigenvalue weighted by Gasteiger charge is -2.29. The quantitative estimate of drug-likeness (QED) is 0.839. The first kappa shape index (κ1) is 17.9. The molecule has 5 nitrogen and oxygen atoms in total. The molecule has 2 aromatic rings. The minimum atomic E-state index is -0.258. The lowest BCUT2D eigenvalue weighted by atomic mass is 9.98. The van der Waals surface area contributed by atoms with Gasteiger partial charge in [0.05, 0.1) is 0 Å². The Morgan fingerprint density at radius 1 is 1.07 bits per heavy atom. The number of nitrogens with one attached hydrogen (secondary N) is 2. The lowest BCUT2D eigenvalue weighted by molar-refractivity contribution is -0.133. The van der Waals surface area contributed by atoms with Gasteiger partial charge in [-0.2, -0.15) is 0 Å². The van der Waals surface area contributed by atoms with Crippen LogP contribution in [0.1, 0.15) is 29.5 Å². The van der Waals surface area contributed by atoms with Crippen molar-refractivity contribution in [1.82, 2.24) is 10.2 Å². The van der Waals surface area contributed by atoms with E-state index in [2.05, 4.69) is 10.6 Å². The second-order valence-corrected chi connectivity index (χ2v) is 7.64. The minimum absolute atomic E-state index is 0.242. The highest BCUT2D eigenvalue weighted by Gasteiger charge is 2.34. The summed E-state index contributed by atoms with van der Waals surface area (Å²) >= 11 is 5.87. The number of halogens is 1. The largest absolute Gasteiger partial charge is 0.338 e. The van der Waals surface area contributed by atoms with Crippen molar-refractivity contribution in [2.75, 3.05) is 11.9 Å². The van der Waals surface area contributed by atoms with Crippen molar-refractivity contribution in [3.63, 3.8) is 0 Å². The minimum Gasteiger partial charge on any atom is -0.338 e. The Balaban J connectivity index is 1.35. The summed E-state index contributed by atoms with van der Waals surface area (Å²) in [6.07, 6.45) is 2.92. The smallest absolute Gasteiger partial charge is 0.319 e.